The number of nitrogens with zero attached hydrogens (tertiary/aromatic N) is 1. The van der Waals surface area contributed by atoms with Crippen LogP contribution in [0.3, 0.4) is 0 Å². The van der Waals surface area contributed by atoms with E-state index < -0.39 is 0 Å². The Morgan fingerprint density at radius 1 is 1.33 bits per heavy atom. The molecule has 0 aliphatic heterocycles. The third-order valence-corrected chi connectivity index (χ3v) is 3.01. The van der Waals surface area contributed by atoms with Gasteiger partial charge in [-0.25, -0.2) is 0 Å². The van der Waals surface area contributed by atoms with Gasteiger partial charge in [0.2, 0.25) is 0 Å². The van der Waals surface area contributed by atoms with E-state index in [4.69, 9.17) is 0 Å². The molecule has 1 rings (SSSR count). The maximum Gasteiger partial charge on any atom is 0.0570 e. The zero-order chi connectivity index (χ0) is 11.3. The summed E-state index contributed by atoms with van der Waals surface area (Å²) in [7, 11) is 0. The summed E-state index contributed by atoms with van der Waals surface area (Å²) in [6.07, 6.45) is 1.86. The van der Waals surface area contributed by atoms with Crippen molar-refractivity contribution >= 4 is 0 Å². The molecular formula is C13H22N2. The summed E-state index contributed by atoms with van der Waals surface area (Å²) in [4.78, 5) is 4.36. The first kappa shape index (κ1) is 12.2. The van der Waals surface area contributed by atoms with Gasteiger partial charge in [0.25, 0.3) is 0 Å². The van der Waals surface area contributed by atoms with Crippen LogP contribution in [0.4, 0.5) is 0 Å². The van der Waals surface area contributed by atoms with E-state index in [1.54, 1.807) is 0 Å². The molecule has 1 aromatic heterocycles. The van der Waals surface area contributed by atoms with Crippen molar-refractivity contribution in [2.45, 2.75) is 34.2 Å². The van der Waals surface area contributed by atoms with Gasteiger partial charge >= 0.3 is 0 Å². The molecule has 0 spiro atoms. The van der Waals surface area contributed by atoms with E-state index in [1.165, 1.54) is 5.56 Å². The van der Waals surface area contributed by atoms with Crippen LogP contribution in [-0.2, 0) is 6.54 Å². The van der Waals surface area contributed by atoms with Crippen molar-refractivity contribution in [3.63, 3.8) is 0 Å². The van der Waals surface area contributed by atoms with Crippen LogP contribution >= 0.6 is 0 Å². The minimum Gasteiger partial charge on any atom is -0.311 e. The van der Waals surface area contributed by atoms with E-state index in [2.05, 4.69) is 44.1 Å². The highest BCUT2D eigenvalue weighted by molar-refractivity contribution is 5.17. The summed E-state index contributed by atoms with van der Waals surface area (Å²) >= 11 is 0. The first-order chi connectivity index (χ1) is 7.11. The van der Waals surface area contributed by atoms with Gasteiger partial charge in [0.1, 0.15) is 0 Å². The number of hydrogen-bond donors (Lipinski definition) is 1. The topological polar surface area (TPSA) is 24.9 Å². The molecule has 1 aromatic rings. The summed E-state index contributed by atoms with van der Waals surface area (Å²) in [5.74, 6) is 1.45. The number of pyridine rings is 1. The normalized spacial score (nSPS) is 13.1. The van der Waals surface area contributed by atoms with Crippen LogP contribution < -0.4 is 5.32 Å². The molecule has 84 valence electrons. The van der Waals surface area contributed by atoms with Gasteiger partial charge in [-0.1, -0.05) is 26.8 Å². The van der Waals surface area contributed by atoms with Gasteiger partial charge < -0.3 is 5.32 Å². The van der Waals surface area contributed by atoms with E-state index in [1.807, 2.05) is 12.3 Å². The van der Waals surface area contributed by atoms with Gasteiger partial charge in [0.05, 0.1) is 5.69 Å². The molecule has 0 amide bonds. The SMILES string of the molecule is Cc1cccnc1CNCC(C)C(C)C. The number of rotatable bonds is 5. The molecule has 1 atom stereocenters. The van der Waals surface area contributed by atoms with Crippen molar-refractivity contribution in [2.24, 2.45) is 11.8 Å². The summed E-state index contributed by atoms with van der Waals surface area (Å²) in [5, 5.41) is 3.46. The Morgan fingerprint density at radius 2 is 2.07 bits per heavy atom. The molecule has 0 saturated carbocycles. The molecule has 1 unspecified atom stereocenters. The highest BCUT2D eigenvalue weighted by Crippen LogP contribution is 2.08. The lowest BCUT2D eigenvalue weighted by Gasteiger charge is -2.16. The molecule has 0 fully saturated rings. The van der Waals surface area contributed by atoms with Gasteiger partial charge in [-0.3, -0.25) is 4.98 Å². The summed E-state index contributed by atoms with van der Waals surface area (Å²) in [6.45, 7) is 10.9. The monoisotopic (exact) mass is 206 g/mol. The lowest BCUT2D eigenvalue weighted by atomic mass is 9.98. The molecule has 0 radical (unpaired) electrons. The molecule has 0 aromatic carbocycles. The minimum absolute atomic E-state index is 0.717. The molecule has 1 N–H and O–H groups in total. The largest absolute Gasteiger partial charge is 0.311 e. The maximum absolute atomic E-state index is 4.36. The van der Waals surface area contributed by atoms with Gasteiger partial charge in [0.15, 0.2) is 0 Å². The zero-order valence-corrected chi connectivity index (χ0v) is 10.2. The Labute approximate surface area is 93.1 Å². The molecular weight excluding hydrogens is 184 g/mol. The first-order valence-electron chi connectivity index (χ1n) is 5.72. The zero-order valence-electron chi connectivity index (χ0n) is 10.2. The third kappa shape index (κ3) is 4.00. The Hall–Kier alpha value is -0.890. The van der Waals surface area contributed by atoms with Gasteiger partial charge in [-0.05, 0) is 36.9 Å². The molecule has 0 aliphatic rings. The predicted molar refractivity (Wildman–Crippen MR) is 64.7 cm³/mol. The fraction of sp³-hybridized carbons (Fsp3) is 0.615. The number of hydrogen-bond acceptors (Lipinski definition) is 2. The molecule has 0 saturated heterocycles. The lowest BCUT2D eigenvalue weighted by molar-refractivity contribution is 0.391. The summed E-state index contributed by atoms with van der Waals surface area (Å²) in [6, 6.07) is 4.09. The predicted octanol–water partition coefficient (Wildman–Crippen LogP) is 2.77. The average molecular weight is 206 g/mol. The molecule has 15 heavy (non-hydrogen) atoms. The highest BCUT2D eigenvalue weighted by atomic mass is 14.9. The Bertz CT molecular complexity index is 294. The molecule has 2 heteroatoms. The van der Waals surface area contributed by atoms with Crippen LogP contribution in [0.25, 0.3) is 0 Å². The third-order valence-electron chi connectivity index (χ3n) is 3.01. The minimum atomic E-state index is 0.717. The molecule has 1 heterocycles. The lowest BCUT2D eigenvalue weighted by Crippen LogP contribution is -2.24. The fourth-order valence-corrected chi connectivity index (χ4v) is 1.36. The van der Waals surface area contributed by atoms with Crippen molar-refractivity contribution in [3.05, 3.63) is 29.6 Å². The quantitative estimate of drug-likeness (QED) is 0.801. The standard InChI is InChI=1S/C13H22N2/c1-10(2)12(4)8-14-9-13-11(3)6-5-7-15-13/h5-7,10,12,14H,8-9H2,1-4H3. The van der Waals surface area contributed by atoms with Crippen LogP contribution in [0.1, 0.15) is 32.0 Å². The van der Waals surface area contributed by atoms with Gasteiger partial charge in [-0.15, -0.1) is 0 Å². The number of aryl methyl sites for hydroxylation is 1. The first-order valence-corrected chi connectivity index (χ1v) is 5.72. The van der Waals surface area contributed by atoms with Crippen LogP contribution in [0.15, 0.2) is 18.3 Å². The summed E-state index contributed by atoms with van der Waals surface area (Å²) in [5.41, 5.74) is 2.43. The smallest absolute Gasteiger partial charge is 0.0570 e. The van der Waals surface area contributed by atoms with E-state index in [0.717, 1.165) is 24.7 Å². The van der Waals surface area contributed by atoms with E-state index in [-0.39, 0.29) is 0 Å². The second-order valence-corrected chi connectivity index (χ2v) is 4.62. The van der Waals surface area contributed by atoms with Crippen molar-refractivity contribution in [2.75, 3.05) is 6.54 Å². The van der Waals surface area contributed by atoms with Crippen LogP contribution in [-0.4, -0.2) is 11.5 Å². The van der Waals surface area contributed by atoms with Crippen LogP contribution in [0, 0.1) is 18.8 Å². The molecule has 0 aliphatic carbocycles. The van der Waals surface area contributed by atoms with Crippen LogP contribution in [0.5, 0.6) is 0 Å². The fourth-order valence-electron chi connectivity index (χ4n) is 1.36. The van der Waals surface area contributed by atoms with Crippen molar-refractivity contribution in [1.82, 2.24) is 10.3 Å². The Balaban J connectivity index is 2.35. The Morgan fingerprint density at radius 3 is 2.67 bits per heavy atom. The maximum atomic E-state index is 4.36. The Kier molecular flexibility index (Phi) is 4.76. The number of nitrogens with one attached hydrogen (secondary N) is 1. The summed E-state index contributed by atoms with van der Waals surface area (Å²) < 4.78 is 0. The van der Waals surface area contributed by atoms with Crippen LogP contribution in [0.2, 0.25) is 0 Å². The molecule has 0 bridgehead atoms. The van der Waals surface area contributed by atoms with E-state index in [9.17, 15) is 0 Å². The van der Waals surface area contributed by atoms with Crippen molar-refractivity contribution < 1.29 is 0 Å². The highest BCUT2D eigenvalue weighted by Gasteiger charge is 2.06. The van der Waals surface area contributed by atoms with Crippen molar-refractivity contribution in [1.29, 1.82) is 0 Å². The van der Waals surface area contributed by atoms with Crippen molar-refractivity contribution in [3.8, 4) is 0 Å². The molecule has 2 nitrogen and oxygen atoms in total. The van der Waals surface area contributed by atoms with E-state index in [0.29, 0.717) is 5.92 Å². The second-order valence-electron chi connectivity index (χ2n) is 4.62. The second kappa shape index (κ2) is 5.86. The van der Waals surface area contributed by atoms with Gasteiger partial charge in [0, 0.05) is 12.7 Å². The van der Waals surface area contributed by atoms with Gasteiger partial charge in [-0.2, -0.15) is 0 Å². The van der Waals surface area contributed by atoms with E-state index >= 15 is 0 Å². The number of aromatic nitrogens is 1. The average Bonchev–Trinajstić information content (AvgIpc) is 2.20.